The molecule has 0 spiro atoms. The van der Waals surface area contributed by atoms with E-state index in [-0.39, 0.29) is 17.9 Å². The third-order valence-electron chi connectivity index (χ3n) is 6.06. The van der Waals surface area contributed by atoms with Crippen LogP contribution in [-0.4, -0.2) is 42.3 Å². The van der Waals surface area contributed by atoms with Crippen LogP contribution >= 0.6 is 0 Å². The van der Waals surface area contributed by atoms with Gasteiger partial charge in [0.05, 0.1) is 18.7 Å². The number of amides is 1. The lowest BCUT2D eigenvalue weighted by Gasteiger charge is -2.33. The topological polar surface area (TPSA) is 70.2 Å². The van der Waals surface area contributed by atoms with Gasteiger partial charge in [0.25, 0.3) is 0 Å². The summed E-state index contributed by atoms with van der Waals surface area (Å²) in [5, 5.41) is 10.9. The fraction of sp³-hybridized carbons (Fsp3) is 0.360. The summed E-state index contributed by atoms with van der Waals surface area (Å²) in [4.78, 5) is 15.1. The van der Waals surface area contributed by atoms with E-state index >= 15 is 0 Å². The van der Waals surface area contributed by atoms with E-state index in [0.717, 1.165) is 60.7 Å². The molecule has 1 amide bonds. The lowest BCUT2D eigenvalue weighted by atomic mass is 9.94. The number of anilines is 1. The Kier molecular flexibility index (Phi) is 6.55. The number of carbonyl (C=O) groups is 1. The molecule has 3 aromatic rings. The first-order valence-corrected chi connectivity index (χ1v) is 11.0. The van der Waals surface area contributed by atoms with Crippen molar-refractivity contribution in [2.45, 2.75) is 38.1 Å². The summed E-state index contributed by atoms with van der Waals surface area (Å²) in [6.07, 6.45) is 2.64. The van der Waals surface area contributed by atoms with Gasteiger partial charge in [0.2, 0.25) is 5.91 Å². The third kappa shape index (κ3) is 4.90. The third-order valence-corrected chi connectivity index (χ3v) is 6.06. The fourth-order valence-corrected chi connectivity index (χ4v) is 4.20. The molecular formula is C25H30N4O2. The summed E-state index contributed by atoms with van der Waals surface area (Å²) in [5.41, 5.74) is 3.15. The zero-order valence-electron chi connectivity index (χ0n) is 18.2. The molecule has 1 saturated heterocycles. The van der Waals surface area contributed by atoms with Gasteiger partial charge >= 0.3 is 0 Å². The Morgan fingerprint density at radius 1 is 1.16 bits per heavy atom. The molecular weight excluding hydrogens is 388 g/mol. The summed E-state index contributed by atoms with van der Waals surface area (Å²) in [6.45, 7) is 3.82. The number of piperidine rings is 1. The van der Waals surface area contributed by atoms with Crippen LogP contribution in [0.1, 0.15) is 37.7 Å². The number of aromatic nitrogens is 2. The summed E-state index contributed by atoms with van der Waals surface area (Å²) in [6, 6.07) is 20.3. The second-order valence-electron chi connectivity index (χ2n) is 8.01. The number of ether oxygens (including phenoxy) is 1. The molecule has 4 rings (SSSR count). The SMILES string of the molecule is CC[C@@H](C(=O)NC1CCN(c2cc(-c3ccc(OC)cc3)[nH]n2)CC1)c1ccccc1. The number of benzene rings is 2. The first kappa shape index (κ1) is 21.0. The molecule has 2 N–H and O–H groups in total. The highest BCUT2D eigenvalue weighted by molar-refractivity contribution is 5.83. The van der Waals surface area contributed by atoms with Gasteiger partial charge in [-0.25, -0.2) is 0 Å². The van der Waals surface area contributed by atoms with Crippen molar-refractivity contribution in [1.82, 2.24) is 15.5 Å². The monoisotopic (exact) mass is 418 g/mol. The molecule has 6 nitrogen and oxygen atoms in total. The number of H-pyrrole nitrogens is 1. The second kappa shape index (κ2) is 9.69. The Morgan fingerprint density at radius 3 is 2.52 bits per heavy atom. The number of hydrogen-bond acceptors (Lipinski definition) is 4. The van der Waals surface area contributed by atoms with Gasteiger partial charge in [-0.3, -0.25) is 9.89 Å². The van der Waals surface area contributed by atoms with Crippen molar-refractivity contribution in [1.29, 1.82) is 0 Å². The summed E-state index contributed by atoms with van der Waals surface area (Å²) in [7, 11) is 1.67. The van der Waals surface area contributed by atoms with Crippen molar-refractivity contribution >= 4 is 11.7 Å². The lowest BCUT2D eigenvalue weighted by Crippen LogP contribution is -2.46. The maximum atomic E-state index is 12.8. The van der Waals surface area contributed by atoms with Crippen molar-refractivity contribution in [2.75, 3.05) is 25.1 Å². The van der Waals surface area contributed by atoms with Gasteiger partial charge in [0, 0.05) is 25.2 Å². The minimum absolute atomic E-state index is 0.0855. The Hall–Kier alpha value is -3.28. The molecule has 0 saturated carbocycles. The highest BCUT2D eigenvalue weighted by Gasteiger charge is 2.25. The van der Waals surface area contributed by atoms with Gasteiger partial charge in [0.1, 0.15) is 5.75 Å². The summed E-state index contributed by atoms with van der Waals surface area (Å²) in [5.74, 6) is 1.84. The van der Waals surface area contributed by atoms with Gasteiger partial charge in [-0.2, -0.15) is 5.10 Å². The zero-order chi connectivity index (χ0) is 21.6. The average Bonchev–Trinajstić information content (AvgIpc) is 3.31. The quantitative estimate of drug-likeness (QED) is 0.598. The van der Waals surface area contributed by atoms with E-state index in [2.05, 4.69) is 33.4 Å². The molecule has 0 aliphatic carbocycles. The number of hydrogen-bond donors (Lipinski definition) is 2. The number of aromatic amines is 1. The summed E-state index contributed by atoms with van der Waals surface area (Å²) < 4.78 is 5.23. The maximum Gasteiger partial charge on any atom is 0.227 e. The van der Waals surface area contributed by atoms with Crippen LogP contribution in [0.5, 0.6) is 5.75 Å². The molecule has 1 aliphatic heterocycles. The van der Waals surface area contributed by atoms with Crippen LogP contribution in [0.4, 0.5) is 5.82 Å². The molecule has 162 valence electrons. The Balaban J connectivity index is 1.32. The smallest absolute Gasteiger partial charge is 0.227 e. The predicted molar refractivity (Wildman–Crippen MR) is 123 cm³/mol. The van der Waals surface area contributed by atoms with Crippen LogP contribution in [0.2, 0.25) is 0 Å². The molecule has 0 unspecified atom stereocenters. The molecule has 2 heterocycles. The lowest BCUT2D eigenvalue weighted by molar-refractivity contribution is -0.123. The normalized spacial score (nSPS) is 15.5. The van der Waals surface area contributed by atoms with E-state index in [9.17, 15) is 4.79 Å². The van der Waals surface area contributed by atoms with Crippen molar-refractivity contribution in [3.8, 4) is 17.0 Å². The molecule has 31 heavy (non-hydrogen) atoms. The predicted octanol–water partition coefficient (Wildman–Crippen LogP) is 4.36. The Bertz CT molecular complexity index is 976. The van der Waals surface area contributed by atoms with Crippen molar-refractivity contribution in [3.63, 3.8) is 0 Å². The number of methoxy groups -OCH3 is 1. The minimum atomic E-state index is -0.0855. The van der Waals surface area contributed by atoms with Gasteiger partial charge in [-0.15, -0.1) is 0 Å². The van der Waals surface area contributed by atoms with Crippen molar-refractivity contribution in [3.05, 3.63) is 66.2 Å². The molecule has 1 atom stereocenters. The highest BCUT2D eigenvalue weighted by Crippen LogP contribution is 2.26. The number of carbonyl (C=O) groups excluding carboxylic acids is 1. The molecule has 1 aromatic heterocycles. The van der Waals surface area contributed by atoms with E-state index in [4.69, 9.17) is 4.74 Å². The minimum Gasteiger partial charge on any atom is -0.497 e. The van der Waals surface area contributed by atoms with E-state index in [1.807, 2.05) is 54.6 Å². The van der Waals surface area contributed by atoms with Gasteiger partial charge < -0.3 is 15.0 Å². The zero-order valence-corrected chi connectivity index (χ0v) is 18.2. The maximum absolute atomic E-state index is 12.8. The van der Waals surface area contributed by atoms with E-state index in [1.165, 1.54) is 0 Å². The van der Waals surface area contributed by atoms with Gasteiger partial charge in [-0.05, 0) is 54.7 Å². The van der Waals surface area contributed by atoms with Crippen LogP contribution < -0.4 is 15.0 Å². The fourth-order valence-electron chi connectivity index (χ4n) is 4.20. The Morgan fingerprint density at radius 2 is 1.87 bits per heavy atom. The van der Waals surface area contributed by atoms with E-state index in [0.29, 0.717) is 0 Å². The van der Waals surface area contributed by atoms with E-state index in [1.54, 1.807) is 7.11 Å². The second-order valence-corrected chi connectivity index (χ2v) is 8.01. The highest BCUT2D eigenvalue weighted by atomic mass is 16.5. The molecule has 0 bridgehead atoms. The molecule has 0 radical (unpaired) electrons. The molecule has 2 aromatic carbocycles. The summed E-state index contributed by atoms with van der Waals surface area (Å²) >= 11 is 0. The van der Waals surface area contributed by atoms with E-state index < -0.39 is 0 Å². The first-order valence-electron chi connectivity index (χ1n) is 11.0. The Labute approximate surface area is 183 Å². The number of rotatable bonds is 7. The molecule has 1 fully saturated rings. The van der Waals surface area contributed by atoms with Crippen LogP contribution in [0.15, 0.2) is 60.7 Å². The van der Waals surface area contributed by atoms with Crippen LogP contribution in [0.3, 0.4) is 0 Å². The van der Waals surface area contributed by atoms with Crippen LogP contribution in [0, 0.1) is 0 Å². The molecule has 1 aliphatic rings. The van der Waals surface area contributed by atoms with Crippen LogP contribution in [0.25, 0.3) is 11.3 Å². The molecule has 6 heteroatoms. The largest absolute Gasteiger partial charge is 0.497 e. The van der Waals surface area contributed by atoms with Gasteiger partial charge in [-0.1, -0.05) is 37.3 Å². The first-order chi connectivity index (χ1) is 15.2. The number of nitrogens with one attached hydrogen (secondary N) is 2. The number of nitrogens with zero attached hydrogens (tertiary/aromatic N) is 2. The van der Waals surface area contributed by atoms with Crippen molar-refractivity contribution < 1.29 is 9.53 Å². The standard InChI is InChI=1S/C25H30N4O2/c1-3-22(18-7-5-4-6-8-18)25(30)26-20-13-15-29(16-14-20)24-17-23(27-28-24)19-9-11-21(31-2)12-10-19/h4-12,17,20,22H,3,13-16H2,1-2H3,(H,26,30)(H,27,28)/t22-/m1/s1. The van der Waals surface area contributed by atoms with Crippen molar-refractivity contribution in [2.24, 2.45) is 0 Å². The van der Waals surface area contributed by atoms with Gasteiger partial charge in [0.15, 0.2) is 5.82 Å². The average molecular weight is 419 g/mol. The van der Waals surface area contributed by atoms with Crippen LogP contribution in [-0.2, 0) is 4.79 Å².